The second kappa shape index (κ2) is 10.0. The van der Waals surface area contributed by atoms with Crippen LogP contribution in [0.1, 0.15) is 36.9 Å². The molecule has 7 rings (SSSR count). The summed E-state index contributed by atoms with van der Waals surface area (Å²) < 4.78 is 9.54. The molecule has 0 bridgehead atoms. The Morgan fingerprint density at radius 2 is 1.90 bits per heavy atom. The predicted octanol–water partition coefficient (Wildman–Crippen LogP) is 6.99. The Hall–Kier alpha value is -4.21. The fourth-order valence-corrected chi connectivity index (χ4v) is 6.50. The fraction of sp³-hybridized carbons (Fsp3) is 0.226. The molecule has 2 aromatic carbocycles. The number of benzene rings is 2. The molecule has 0 unspecified atom stereocenters. The van der Waals surface area contributed by atoms with Crippen molar-refractivity contribution in [2.75, 3.05) is 12.4 Å². The SMILES string of the molecule is CNc1ncnc2c1c(-c1ccc(OC3CC3)c(C)c1)nn2[C@@H](C)c1cc2scc(Cl)n2c(=O)c1-c1ccccc1. The molecule has 1 aliphatic carbocycles. The molecule has 206 valence electrons. The first kappa shape index (κ1) is 25.7. The monoisotopic (exact) mass is 582 g/mol. The summed E-state index contributed by atoms with van der Waals surface area (Å²) in [6.45, 7) is 4.10. The lowest BCUT2D eigenvalue weighted by Crippen LogP contribution is -2.20. The lowest BCUT2D eigenvalue weighted by molar-refractivity contribution is 0.301. The zero-order valence-corrected chi connectivity index (χ0v) is 24.3. The number of pyridine rings is 1. The van der Waals surface area contributed by atoms with Crippen LogP contribution in [0.25, 0.3) is 38.2 Å². The molecule has 41 heavy (non-hydrogen) atoms. The number of aryl methyl sites for hydroxylation is 1. The lowest BCUT2D eigenvalue weighted by Gasteiger charge is -2.18. The maximum absolute atomic E-state index is 13.9. The van der Waals surface area contributed by atoms with Crippen LogP contribution >= 0.6 is 22.9 Å². The van der Waals surface area contributed by atoms with Gasteiger partial charge in [-0.2, -0.15) is 5.10 Å². The Labute approximate surface area is 245 Å². The van der Waals surface area contributed by atoms with Crippen LogP contribution < -0.4 is 15.6 Å². The zero-order valence-electron chi connectivity index (χ0n) is 22.8. The zero-order chi connectivity index (χ0) is 28.2. The summed E-state index contributed by atoms with van der Waals surface area (Å²) in [5.41, 5.74) is 5.50. The Kier molecular flexibility index (Phi) is 6.28. The largest absolute Gasteiger partial charge is 0.490 e. The third kappa shape index (κ3) is 4.36. The smallest absolute Gasteiger partial charge is 0.265 e. The van der Waals surface area contributed by atoms with Crippen molar-refractivity contribution in [3.8, 4) is 28.1 Å². The van der Waals surface area contributed by atoms with Crippen molar-refractivity contribution in [2.45, 2.75) is 38.8 Å². The van der Waals surface area contributed by atoms with Crippen molar-refractivity contribution in [3.05, 3.63) is 92.9 Å². The van der Waals surface area contributed by atoms with Gasteiger partial charge in [0.25, 0.3) is 5.56 Å². The molecule has 0 spiro atoms. The van der Waals surface area contributed by atoms with Gasteiger partial charge in [0.2, 0.25) is 0 Å². The standard InChI is InChI=1S/C31H27ClN6O2S/c1-17-13-20(9-12-23(17)40-21-10-11-21)28-27-29(33-3)34-16-35-30(27)38(36-28)18(2)22-14-25-37(24(32)15-41-25)31(39)26(22)19-7-5-4-6-8-19/h4-9,12-16,18,21H,10-11H2,1-3H3,(H,33,34,35)/t18-/m0/s1. The van der Waals surface area contributed by atoms with Crippen molar-refractivity contribution in [1.29, 1.82) is 0 Å². The predicted molar refractivity (Wildman–Crippen MR) is 164 cm³/mol. The van der Waals surface area contributed by atoms with E-state index in [1.54, 1.807) is 9.78 Å². The van der Waals surface area contributed by atoms with Crippen molar-refractivity contribution in [1.82, 2.24) is 24.1 Å². The van der Waals surface area contributed by atoms with Crippen LogP contribution in [0.5, 0.6) is 5.75 Å². The first-order valence-corrected chi connectivity index (χ1v) is 14.8. The van der Waals surface area contributed by atoms with E-state index in [2.05, 4.69) is 28.3 Å². The molecule has 1 N–H and O–H groups in total. The maximum Gasteiger partial charge on any atom is 0.265 e. The van der Waals surface area contributed by atoms with Gasteiger partial charge in [-0.15, -0.1) is 11.3 Å². The summed E-state index contributed by atoms with van der Waals surface area (Å²) in [5.74, 6) is 1.58. The van der Waals surface area contributed by atoms with Gasteiger partial charge < -0.3 is 10.1 Å². The molecule has 1 atom stereocenters. The minimum atomic E-state index is -0.335. The molecule has 0 radical (unpaired) electrons. The third-order valence-corrected chi connectivity index (χ3v) is 8.86. The summed E-state index contributed by atoms with van der Waals surface area (Å²) in [5, 5.41) is 11.3. The van der Waals surface area contributed by atoms with Gasteiger partial charge in [-0.05, 0) is 67.6 Å². The van der Waals surface area contributed by atoms with Gasteiger partial charge in [-0.25, -0.2) is 14.6 Å². The highest BCUT2D eigenvalue weighted by Gasteiger charge is 2.27. The summed E-state index contributed by atoms with van der Waals surface area (Å²) in [6.07, 6.45) is 4.07. The fourth-order valence-electron chi connectivity index (χ4n) is 5.34. The Balaban J connectivity index is 1.44. The molecule has 10 heteroatoms. The van der Waals surface area contributed by atoms with Crippen LogP contribution in [0, 0.1) is 6.92 Å². The minimum absolute atomic E-state index is 0.161. The second-order valence-corrected chi connectivity index (χ2v) is 11.6. The quantitative estimate of drug-likeness (QED) is 0.218. The van der Waals surface area contributed by atoms with Crippen molar-refractivity contribution < 1.29 is 4.74 Å². The number of nitrogens with one attached hydrogen (secondary N) is 1. The van der Waals surface area contributed by atoms with Crippen LogP contribution in [-0.4, -0.2) is 37.3 Å². The van der Waals surface area contributed by atoms with Crippen LogP contribution in [0.3, 0.4) is 0 Å². The number of nitrogens with zero attached hydrogens (tertiary/aromatic N) is 5. The van der Waals surface area contributed by atoms with Crippen LogP contribution in [-0.2, 0) is 0 Å². The first-order valence-electron chi connectivity index (χ1n) is 13.5. The molecule has 0 saturated heterocycles. The van der Waals surface area contributed by atoms with Gasteiger partial charge in [-0.3, -0.25) is 9.20 Å². The summed E-state index contributed by atoms with van der Waals surface area (Å²) >= 11 is 7.88. The minimum Gasteiger partial charge on any atom is -0.490 e. The number of halogens is 1. The van der Waals surface area contributed by atoms with Gasteiger partial charge in [0.15, 0.2) is 5.65 Å². The van der Waals surface area contributed by atoms with Gasteiger partial charge >= 0.3 is 0 Å². The first-order chi connectivity index (χ1) is 19.9. The van der Waals surface area contributed by atoms with E-state index in [1.807, 2.05) is 67.2 Å². The molecular weight excluding hydrogens is 556 g/mol. The van der Waals surface area contributed by atoms with E-state index < -0.39 is 0 Å². The van der Waals surface area contributed by atoms with E-state index in [0.29, 0.717) is 28.3 Å². The van der Waals surface area contributed by atoms with Crippen molar-refractivity contribution in [3.63, 3.8) is 0 Å². The van der Waals surface area contributed by atoms with E-state index in [4.69, 9.17) is 21.4 Å². The third-order valence-electron chi connectivity index (χ3n) is 7.57. The Bertz CT molecular complexity index is 1990. The van der Waals surface area contributed by atoms with Gasteiger partial charge in [-0.1, -0.05) is 41.9 Å². The maximum atomic E-state index is 13.9. The van der Waals surface area contributed by atoms with E-state index in [9.17, 15) is 4.79 Å². The Morgan fingerprint density at radius 1 is 1.10 bits per heavy atom. The molecule has 6 aromatic rings. The highest BCUT2D eigenvalue weighted by Crippen LogP contribution is 2.38. The molecule has 4 heterocycles. The number of thiazole rings is 1. The molecule has 4 aromatic heterocycles. The van der Waals surface area contributed by atoms with Crippen molar-refractivity contribution in [2.24, 2.45) is 0 Å². The average Bonchev–Trinajstić information content (AvgIpc) is 3.60. The van der Waals surface area contributed by atoms with Crippen LogP contribution in [0.4, 0.5) is 5.82 Å². The highest BCUT2D eigenvalue weighted by atomic mass is 35.5. The number of fused-ring (bicyclic) bond motifs is 2. The molecule has 0 amide bonds. The second-order valence-electron chi connectivity index (χ2n) is 10.3. The number of hydrogen-bond donors (Lipinski definition) is 1. The topological polar surface area (TPSA) is 86.3 Å². The Morgan fingerprint density at radius 3 is 2.63 bits per heavy atom. The lowest BCUT2D eigenvalue weighted by atomic mass is 9.97. The highest BCUT2D eigenvalue weighted by molar-refractivity contribution is 7.16. The summed E-state index contributed by atoms with van der Waals surface area (Å²) in [4.78, 5) is 23.9. The number of rotatable bonds is 7. The molecule has 1 saturated carbocycles. The molecule has 8 nitrogen and oxygen atoms in total. The average molecular weight is 583 g/mol. The molecule has 1 aliphatic rings. The van der Waals surface area contributed by atoms with E-state index >= 15 is 0 Å². The van der Waals surface area contributed by atoms with Crippen molar-refractivity contribution >= 4 is 44.6 Å². The number of aromatic nitrogens is 5. The van der Waals surface area contributed by atoms with Gasteiger partial charge in [0.05, 0.1) is 23.1 Å². The van der Waals surface area contributed by atoms with E-state index in [0.717, 1.165) is 56.8 Å². The number of anilines is 1. The summed E-state index contributed by atoms with van der Waals surface area (Å²) in [7, 11) is 1.84. The van der Waals surface area contributed by atoms with Gasteiger partial charge in [0, 0.05) is 18.0 Å². The normalized spacial score (nSPS) is 14.0. The molecule has 1 fully saturated rings. The van der Waals surface area contributed by atoms with Crippen LogP contribution in [0.2, 0.25) is 5.15 Å². The molecule has 0 aliphatic heterocycles. The van der Waals surface area contributed by atoms with Crippen LogP contribution in [0.15, 0.2) is 71.1 Å². The molecular formula is C31H27ClN6O2S. The van der Waals surface area contributed by atoms with Gasteiger partial charge in [0.1, 0.15) is 33.6 Å². The van der Waals surface area contributed by atoms with E-state index in [1.165, 1.54) is 17.7 Å². The number of ether oxygens (including phenoxy) is 1. The van der Waals surface area contributed by atoms with E-state index in [-0.39, 0.29) is 11.6 Å². The number of hydrogen-bond acceptors (Lipinski definition) is 7. The summed E-state index contributed by atoms with van der Waals surface area (Å²) in [6, 6.07) is 17.5.